The summed E-state index contributed by atoms with van der Waals surface area (Å²) in [4.78, 5) is 15.2. The van der Waals surface area contributed by atoms with Crippen molar-refractivity contribution in [2.24, 2.45) is 7.05 Å². The van der Waals surface area contributed by atoms with Gasteiger partial charge in [-0.25, -0.2) is 9.61 Å². The van der Waals surface area contributed by atoms with Gasteiger partial charge in [0.05, 0.1) is 23.4 Å². The Morgan fingerprint density at radius 1 is 1.43 bits per heavy atom. The summed E-state index contributed by atoms with van der Waals surface area (Å²) in [6.07, 6.45) is 1.56. The van der Waals surface area contributed by atoms with Crippen LogP contribution in [0.2, 0.25) is 0 Å². The van der Waals surface area contributed by atoms with Crippen LogP contribution in [0, 0.1) is 10.1 Å². The highest BCUT2D eigenvalue weighted by molar-refractivity contribution is 7.99. The minimum Gasteiger partial charge on any atom is -0.390 e. The maximum absolute atomic E-state index is 10.9. The molecule has 1 N–H and O–H groups in total. The number of aliphatic hydroxyl groups excluding tert-OH is 1. The zero-order valence-electron chi connectivity index (χ0n) is 10.8. The lowest BCUT2D eigenvalue weighted by molar-refractivity contribution is -0.383. The van der Waals surface area contributed by atoms with Crippen molar-refractivity contribution in [3.8, 4) is 0 Å². The first-order valence-electron chi connectivity index (χ1n) is 5.80. The number of aromatic nitrogens is 4. The van der Waals surface area contributed by atoms with E-state index in [1.165, 1.54) is 17.8 Å². The predicted octanol–water partition coefficient (Wildman–Crippen LogP) is 1.51. The molecule has 0 aliphatic rings. The molecule has 0 fully saturated rings. The standard InChI is InChI=1S/C11H9N5O4S/c1-15-6(5-17)4-12-11(15)21-8-3-2-7(16(18)19)9-10(8)14-20-13-9/h2-4,17H,5H2,1H3. The molecular weight excluding hydrogens is 298 g/mol. The van der Waals surface area contributed by atoms with Gasteiger partial charge in [0.1, 0.15) is 0 Å². The molecule has 0 saturated carbocycles. The third kappa shape index (κ3) is 2.23. The average Bonchev–Trinajstić information content (AvgIpc) is 3.07. The van der Waals surface area contributed by atoms with E-state index in [4.69, 9.17) is 5.11 Å². The van der Waals surface area contributed by atoms with Gasteiger partial charge in [-0.1, -0.05) is 0 Å². The average molecular weight is 307 g/mol. The van der Waals surface area contributed by atoms with E-state index in [0.717, 1.165) is 0 Å². The van der Waals surface area contributed by atoms with E-state index in [0.29, 0.717) is 21.3 Å². The van der Waals surface area contributed by atoms with Crippen LogP contribution >= 0.6 is 11.8 Å². The molecule has 9 nitrogen and oxygen atoms in total. The summed E-state index contributed by atoms with van der Waals surface area (Å²) >= 11 is 1.26. The molecule has 0 atom stereocenters. The van der Waals surface area contributed by atoms with E-state index in [9.17, 15) is 10.1 Å². The van der Waals surface area contributed by atoms with Crippen molar-refractivity contribution >= 4 is 28.5 Å². The number of fused-ring (bicyclic) bond motifs is 1. The number of imidazole rings is 1. The number of nitro benzene ring substituents is 1. The van der Waals surface area contributed by atoms with Crippen molar-refractivity contribution in [3.05, 3.63) is 34.1 Å². The fourth-order valence-electron chi connectivity index (χ4n) is 1.83. The maximum Gasteiger partial charge on any atom is 0.300 e. The molecule has 0 unspecified atom stereocenters. The van der Waals surface area contributed by atoms with Gasteiger partial charge < -0.3 is 9.67 Å². The molecule has 10 heteroatoms. The lowest BCUT2D eigenvalue weighted by Crippen LogP contribution is -1.97. The fourth-order valence-corrected chi connectivity index (χ4v) is 2.75. The number of nitro groups is 1. The van der Waals surface area contributed by atoms with E-state index < -0.39 is 4.92 Å². The van der Waals surface area contributed by atoms with Crippen molar-refractivity contribution in [3.63, 3.8) is 0 Å². The summed E-state index contributed by atoms with van der Waals surface area (Å²) in [6, 6.07) is 2.92. The number of non-ortho nitro benzene ring substituents is 1. The van der Waals surface area contributed by atoms with E-state index in [1.54, 1.807) is 23.9 Å². The highest BCUT2D eigenvalue weighted by atomic mass is 32.2. The minimum atomic E-state index is -0.536. The van der Waals surface area contributed by atoms with Gasteiger partial charge in [-0.2, -0.15) is 0 Å². The van der Waals surface area contributed by atoms with Crippen LogP contribution < -0.4 is 0 Å². The zero-order valence-corrected chi connectivity index (χ0v) is 11.6. The van der Waals surface area contributed by atoms with Gasteiger partial charge in [-0.3, -0.25) is 10.1 Å². The molecule has 3 aromatic rings. The second-order valence-corrected chi connectivity index (χ2v) is 5.16. The Bertz CT molecular complexity index is 827. The summed E-state index contributed by atoms with van der Waals surface area (Å²) in [5.41, 5.74) is 0.907. The first kappa shape index (κ1) is 13.5. The number of hydrogen-bond acceptors (Lipinski definition) is 8. The van der Waals surface area contributed by atoms with Crippen molar-refractivity contribution in [2.75, 3.05) is 0 Å². The van der Waals surface area contributed by atoms with Crippen LogP contribution in [0.25, 0.3) is 11.0 Å². The Balaban J connectivity index is 2.05. The third-order valence-corrected chi connectivity index (χ3v) is 4.07. The van der Waals surface area contributed by atoms with Crippen LogP contribution in [0.15, 0.2) is 33.0 Å². The molecule has 0 radical (unpaired) electrons. The van der Waals surface area contributed by atoms with Crippen LogP contribution in [-0.4, -0.2) is 29.9 Å². The normalized spacial score (nSPS) is 11.1. The molecule has 108 valence electrons. The monoisotopic (exact) mass is 307 g/mol. The summed E-state index contributed by atoms with van der Waals surface area (Å²) in [5.74, 6) is 0. The third-order valence-electron chi connectivity index (χ3n) is 2.96. The second-order valence-electron chi connectivity index (χ2n) is 4.15. The summed E-state index contributed by atoms with van der Waals surface area (Å²) in [6.45, 7) is -0.120. The molecule has 0 aliphatic carbocycles. The minimum absolute atomic E-state index is 0.0987. The quantitative estimate of drug-likeness (QED) is 0.568. The number of rotatable bonds is 4. The largest absolute Gasteiger partial charge is 0.390 e. The summed E-state index contributed by atoms with van der Waals surface area (Å²) in [7, 11) is 1.77. The smallest absolute Gasteiger partial charge is 0.300 e. The number of benzene rings is 1. The molecule has 0 amide bonds. The van der Waals surface area contributed by atoms with Crippen molar-refractivity contribution in [2.45, 2.75) is 16.7 Å². The molecule has 0 aliphatic heterocycles. The molecule has 2 aromatic heterocycles. The predicted molar refractivity (Wildman–Crippen MR) is 71.7 cm³/mol. The highest BCUT2D eigenvalue weighted by Gasteiger charge is 2.21. The fraction of sp³-hybridized carbons (Fsp3) is 0.182. The summed E-state index contributed by atoms with van der Waals surface area (Å²) < 4.78 is 6.33. The van der Waals surface area contributed by atoms with Crippen LogP contribution in [0.4, 0.5) is 5.69 Å². The maximum atomic E-state index is 10.9. The molecule has 0 saturated heterocycles. The molecular formula is C11H9N5O4S. The summed E-state index contributed by atoms with van der Waals surface area (Å²) in [5, 5.41) is 28.0. The van der Waals surface area contributed by atoms with Crippen LogP contribution in [-0.2, 0) is 13.7 Å². The number of aliphatic hydroxyl groups is 1. The van der Waals surface area contributed by atoms with Gasteiger partial charge in [-0.05, 0) is 28.1 Å². The molecule has 0 spiro atoms. The first-order chi connectivity index (χ1) is 10.1. The van der Waals surface area contributed by atoms with E-state index >= 15 is 0 Å². The molecule has 3 rings (SSSR count). The van der Waals surface area contributed by atoms with Crippen LogP contribution in [0.3, 0.4) is 0 Å². The van der Waals surface area contributed by atoms with E-state index in [2.05, 4.69) is 19.9 Å². The van der Waals surface area contributed by atoms with Gasteiger partial charge in [0.15, 0.2) is 10.7 Å². The van der Waals surface area contributed by atoms with Crippen LogP contribution in [0.5, 0.6) is 0 Å². The van der Waals surface area contributed by atoms with Gasteiger partial charge in [0, 0.05) is 18.0 Å². The number of nitrogens with zero attached hydrogens (tertiary/aromatic N) is 5. The van der Waals surface area contributed by atoms with Gasteiger partial charge >= 0.3 is 5.69 Å². The van der Waals surface area contributed by atoms with E-state index in [1.807, 2.05) is 0 Å². The van der Waals surface area contributed by atoms with Crippen molar-refractivity contribution in [1.29, 1.82) is 0 Å². The van der Waals surface area contributed by atoms with Crippen molar-refractivity contribution < 1.29 is 14.7 Å². The molecule has 0 bridgehead atoms. The van der Waals surface area contributed by atoms with Crippen molar-refractivity contribution in [1.82, 2.24) is 19.9 Å². The highest BCUT2D eigenvalue weighted by Crippen LogP contribution is 2.35. The Labute approximate surface area is 121 Å². The molecule has 2 heterocycles. The SMILES string of the molecule is Cn1c(CO)cnc1Sc1ccc([N+](=O)[O-])c2nonc12. The molecule has 21 heavy (non-hydrogen) atoms. The lowest BCUT2D eigenvalue weighted by Gasteiger charge is -2.03. The molecule has 1 aromatic carbocycles. The van der Waals surface area contributed by atoms with E-state index in [-0.39, 0.29) is 17.8 Å². The van der Waals surface area contributed by atoms with Gasteiger partial charge in [-0.15, -0.1) is 0 Å². The Hall–Kier alpha value is -2.46. The topological polar surface area (TPSA) is 120 Å². The Morgan fingerprint density at radius 2 is 2.19 bits per heavy atom. The lowest BCUT2D eigenvalue weighted by atomic mass is 10.3. The first-order valence-corrected chi connectivity index (χ1v) is 6.62. The van der Waals surface area contributed by atoms with Crippen LogP contribution in [0.1, 0.15) is 5.69 Å². The second kappa shape index (κ2) is 5.14. The van der Waals surface area contributed by atoms with Gasteiger partial charge in [0.25, 0.3) is 0 Å². The number of hydrogen-bond donors (Lipinski definition) is 1. The Morgan fingerprint density at radius 3 is 2.86 bits per heavy atom. The van der Waals surface area contributed by atoms with Gasteiger partial charge in [0.2, 0.25) is 5.52 Å². The Kier molecular flexibility index (Phi) is 3.31. The zero-order chi connectivity index (χ0) is 15.0.